The normalized spacial score (nSPS) is 53.5. The van der Waals surface area contributed by atoms with Crippen molar-refractivity contribution in [2.24, 2.45) is 58.0 Å². The van der Waals surface area contributed by atoms with Crippen molar-refractivity contribution in [2.45, 2.75) is 104 Å². The van der Waals surface area contributed by atoms with Gasteiger partial charge in [-0.2, -0.15) is 0 Å². The van der Waals surface area contributed by atoms with Gasteiger partial charge in [-0.1, -0.05) is 33.6 Å². The van der Waals surface area contributed by atoms with Gasteiger partial charge in [0, 0.05) is 6.61 Å². The lowest BCUT2D eigenvalue weighted by Gasteiger charge is -2.60. The van der Waals surface area contributed by atoms with Crippen molar-refractivity contribution < 1.29 is 9.84 Å². The zero-order valence-electron chi connectivity index (χ0n) is 19.8. The van der Waals surface area contributed by atoms with E-state index in [4.69, 9.17) is 10.5 Å². The summed E-state index contributed by atoms with van der Waals surface area (Å²) in [5.74, 6) is 5.48. The molecule has 4 aliphatic carbocycles. The van der Waals surface area contributed by atoms with Crippen molar-refractivity contribution in [2.75, 3.05) is 13.2 Å². The van der Waals surface area contributed by atoms with Crippen LogP contribution in [0.4, 0.5) is 0 Å². The van der Waals surface area contributed by atoms with Gasteiger partial charge < -0.3 is 15.6 Å². The van der Waals surface area contributed by atoms with Crippen LogP contribution in [0.1, 0.15) is 91.4 Å². The van der Waals surface area contributed by atoms with E-state index in [1.54, 1.807) is 0 Å². The Kier molecular flexibility index (Phi) is 5.81. The maximum absolute atomic E-state index is 9.52. The maximum atomic E-state index is 9.52. The first-order valence-corrected chi connectivity index (χ1v) is 13.4. The molecule has 1 saturated heterocycles. The van der Waals surface area contributed by atoms with Crippen molar-refractivity contribution >= 4 is 0 Å². The van der Waals surface area contributed by atoms with E-state index < -0.39 is 0 Å². The highest BCUT2D eigenvalue weighted by Gasteiger charge is 2.65. The monoisotopic (exact) mass is 417 g/mol. The Morgan fingerprint density at radius 1 is 1.03 bits per heavy atom. The Morgan fingerprint density at radius 2 is 1.87 bits per heavy atom. The molecule has 30 heavy (non-hydrogen) atoms. The Labute approximate surface area is 184 Å². The molecule has 0 radical (unpaired) electrons. The Hall–Kier alpha value is -0.120. The molecule has 0 spiro atoms. The second-order valence-corrected chi connectivity index (χ2v) is 12.6. The highest BCUT2D eigenvalue weighted by molar-refractivity contribution is 5.13. The molecule has 5 rings (SSSR count). The highest BCUT2D eigenvalue weighted by Crippen LogP contribution is 2.70. The molecule has 5 fully saturated rings. The van der Waals surface area contributed by atoms with Gasteiger partial charge in [0.05, 0.1) is 12.2 Å². The van der Waals surface area contributed by atoms with Crippen LogP contribution in [0.3, 0.4) is 0 Å². The fourth-order valence-corrected chi connectivity index (χ4v) is 10.00. The smallest absolute Gasteiger partial charge is 0.0618 e. The summed E-state index contributed by atoms with van der Waals surface area (Å²) in [5.41, 5.74) is 6.95. The average molecular weight is 418 g/mol. The molecule has 1 heterocycles. The third-order valence-electron chi connectivity index (χ3n) is 11.6. The molecule has 11 atom stereocenters. The quantitative estimate of drug-likeness (QED) is 0.630. The number of hydrogen-bond acceptors (Lipinski definition) is 3. The van der Waals surface area contributed by atoms with E-state index in [0.29, 0.717) is 35.5 Å². The Bertz CT molecular complexity index is 620. The summed E-state index contributed by atoms with van der Waals surface area (Å²) >= 11 is 0. The first-order chi connectivity index (χ1) is 14.4. The zero-order valence-corrected chi connectivity index (χ0v) is 19.8. The van der Waals surface area contributed by atoms with Gasteiger partial charge in [-0.3, -0.25) is 0 Å². The fourth-order valence-electron chi connectivity index (χ4n) is 10.00. The third-order valence-corrected chi connectivity index (χ3v) is 11.6. The molecule has 3 unspecified atom stereocenters. The van der Waals surface area contributed by atoms with Crippen molar-refractivity contribution in [3.8, 4) is 0 Å². The van der Waals surface area contributed by atoms with Crippen molar-refractivity contribution in [1.82, 2.24) is 0 Å². The van der Waals surface area contributed by atoms with Gasteiger partial charge in [-0.15, -0.1) is 0 Å². The molecule has 4 saturated carbocycles. The van der Waals surface area contributed by atoms with E-state index in [0.717, 1.165) is 42.4 Å². The van der Waals surface area contributed by atoms with Gasteiger partial charge in [0.25, 0.3) is 0 Å². The molecule has 0 bridgehead atoms. The number of aliphatic hydroxyl groups excluding tert-OH is 1. The second-order valence-electron chi connectivity index (χ2n) is 12.6. The minimum Gasteiger partial charge on any atom is -0.396 e. The van der Waals surface area contributed by atoms with Crippen LogP contribution in [0, 0.1) is 52.3 Å². The largest absolute Gasteiger partial charge is 0.396 e. The SMILES string of the molecule is C[C@@H]1C(CCC(CN)CO)O[C@H]2C[C@H]3[C@@H]4CCC5CCCC[C@]5(C)[C@H]4CC[C@]3(C)[C@H]21. The van der Waals surface area contributed by atoms with Crippen LogP contribution in [0.25, 0.3) is 0 Å². The minimum atomic E-state index is 0.215. The molecule has 172 valence electrons. The molecular formula is C27H47NO2. The van der Waals surface area contributed by atoms with Gasteiger partial charge >= 0.3 is 0 Å². The van der Waals surface area contributed by atoms with E-state index in [1.807, 2.05) is 0 Å². The van der Waals surface area contributed by atoms with Crippen LogP contribution in [-0.2, 0) is 4.74 Å². The summed E-state index contributed by atoms with van der Waals surface area (Å²) in [6.07, 6.45) is 16.1. The van der Waals surface area contributed by atoms with E-state index in [1.165, 1.54) is 57.8 Å². The molecule has 0 amide bonds. The number of rotatable bonds is 5. The lowest BCUT2D eigenvalue weighted by atomic mass is 9.44. The summed E-state index contributed by atoms with van der Waals surface area (Å²) in [6, 6.07) is 0. The number of aliphatic hydroxyl groups is 1. The zero-order chi connectivity index (χ0) is 21.1. The number of nitrogens with two attached hydrogens (primary N) is 1. The maximum Gasteiger partial charge on any atom is 0.0618 e. The average Bonchev–Trinajstić information content (AvgIpc) is 3.22. The topological polar surface area (TPSA) is 55.5 Å². The van der Waals surface area contributed by atoms with Crippen LogP contribution < -0.4 is 5.73 Å². The van der Waals surface area contributed by atoms with Crippen molar-refractivity contribution in [3.63, 3.8) is 0 Å². The molecule has 0 aromatic rings. The fraction of sp³-hybridized carbons (Fsp3) is 1.00. The second kappa shape index (κ2) is 8.03. The molecule has 0 aromatic heterocycles. The molecule has 3 N–H and O–H groups in total. The standard InChI is InChI=1S/C27H47NO2/c1-17-23(10-7-18(15-28)16-29)30-24-14-22-20-9-8-19-6-4-5-12-26(19,2)21(20)11-13-27(22,3)25(17)24/h17-25,29H,4-16,28H2,1-3H3/t17-,18?,19?,20-,21+,22+,23?,24+,25+,26+,27+/m1/s1. The van der Waals surface area contributed by atoms with Crippen molar-refractivity contribution in [1.29, 1.82) is 0 Å². The van der Waals surface area contributed by atoms with Crippen LogP contribution in [-0.4, -0.2) is 30.5 Å². The molecule has 3 heteroatoms. The van der Waals surface area contributed by atoms with Crippen molar-refractivity contribution in [3.05, 3.63) is 0 Å². The van der Waals surface area contributed by atoms with Gasteiger partial charge in [0.1, 0.15) is 0 Å². The lowest BCUT2D eigenvalue weighted by Crippen LogP contribution is -2.53. The Balaban J connectivity index is 1.31. The summed E-state index contributed by atoms with van der Waals surface area (Å²) in [6.45, 7) is 8.63. The van der Waals surface area contributed by atoms with E-state index in [9.17, 15) is 5.11 Å². The predicted molar refractivity (Wildman–Crippen MR) is 122 cm³/mol. The Morgan fingerprint density at radius 3 is 2.63 bits per heavy atom. The number of ether oxygens (including phenoxy) is 1. The molecular weight excluding hydrogens is 370 g/mol. The van der Waals surface area contributed by atoms with E-state index in [-0.39, 0.29) is 12.5 Å². The third kappa shape index (κ3) is 3.16. The predicted octanol–water partition coefficient (Wildman–Crippen LogP) is 5.40. The van der Waals surface area contributed by atoms with Crippen LogP contribution in [0.5, 0.6) is 0 Å². The molecule has 1 aliphatic heterocycles. The summed E-state index contributed by atoms with van der Waals surface area (Å²) < 4.78 is 6.78. The number of fused-ring (bicyclic) bond motifs is 7. The van der Waals surface area contributed by atoms with E-state index >= 15 is 0 Å². The first-order valence-electron chi connectivity index (χ1n) is 13.4. The minimum absolute atomic E-state index is 0.215. The van der Waals surface area contributed by atoms with Gasteiger partial charge in [-0.05, 0) is 117 Å². The summed E-state index contributed by atoms with van der Waals surface area (Å²) in [7, 11) is 0. The molecule has 5 aliphatic rings. The van der Waals surface area contributed by atoms with Gasteiger partial charge in [0.2, 0.25) is 0 Å². The summed E-state index contributed by atoms with van der Waals surface area (Å²) in [5, 5.41) is 9.52. The van der Waals surface area contributed by atoms with Gasteiger partial charge in [-0.25, -0.2) is 0 Å². The van der Waals surface area contributed by atoms with Gasteiger partial charge in [0.15, 0.2) is 0 Å². The lowest BCUT2D eigenvalue weighted by molar-refractivity contribution is -0.115. The highest BCUT2D eigenvalue weighted by atomic mass is 16.5. The first kappa shape index (κ1) is 21.7. The molecule has 0 aromatic carbocycles. The van der Waals surface area contributed by atoms with Crippen LogP contribution in [0.15, 0.2) is 0 Å². The van der Waals surface area contributed by atoms with Crippen LogP contribution >= 0.6 is 0 Å². The van der Waals surface area contributed by atoms with Crippen LogP contribution in [0.2, 0.25) is 0 Å². The molecule has 3 nitrogen and oxygen atoms in total. The number of hydrogen-bond donors (Lipinski definition) is 2. The van der Waals surface area contributed by atoms with E-state index in [2.05, 4.69) is 20.8 Å². The summed E-state index contributed by atoms with van der Waals surface area (Å²) in [4.78, 5) is 0.